The van der Waals surface area contributed by atoms with Crippen molar-refractivity contribution in [3.8, 4) is 46.3 Å². The molecule has 20 heteroatoms. The van der Waals surface area contributed by atoms with E-state index in [1.54, 1.807) is 46.1 Å². The van der Waals surface area contributed by atoms with E-state index in [0.29, 0.717) is 11.6 Å². The summed E-state index contributed by atoms with van der Waals surface area (Å²) in [6, 6.07) is 7.45. The number of nitrogens with zero attached hydrogens (tertiary/aromatic N) is 10. The predicted molar refractivity (Wildman–Crippen MR) is 177 cm³/mol. The summed E-state index contributed by atoms with van der Waals surface area (Å²) in [6.07, 6.45) is 9.58. The molecule has 0 saturated heterocycles. The first kappa shape index (κ1) is 33.7. The molecule has 0 fully saturated rings. The van der Waals surface area contributed by atoms with Gasteiger partial charge < -0.3 is 18.3 Å². The lowest BCUT2D eigenvalue weighted by Gasteiger charge is -2.12. The van der Waals surface area contributed by atoms with Crippen LogP contribution in [0.5, 0.6) is 11.5 Å². The molecule has 0 aliphatic rings. The van der Waals surface area contributed by atoms with E-state index in [4.69, 9.17) is 18.3 Å². The first-order valence-electron chi connectivity index (χ1n) is 15.8. The molecule has 54 heavy (non-hydrogen) atoms. The molecule has 0 aliphatic carbocycles. The van der Waals surface area contributed by atoms with Crippen LogP contribution >= 0.6 is 0 Å². The zero-order chi connectivity index (χ0) is 37.3. The van der Waals surface area contributed by atoms with E-state index in [2.05, 4.69) is 40.3 Å². The molecule has 0 amide bonds. The maximum absolute atomic E-state index is 15.5. The van der Waals surface area contributed by atoms with Gasteiger partial charge in [-0.15, -0.1) is 20.4 Å². The Labute approximate surface area is 297 Å². The van der Waals surface area contributed by atoms with Gasteiger partial charge in [0.25, 0.3) is 11.8 Å². The molecule has 6 heterocycles. The summed E-state index contributed by atoms with van der Waals surface area (Å²) in [5, 5.41) is 15.0. The van der Waals surface area contributed by atoms with E-state index in [1.165, 1.54) is 24.8 Å². The maximum Gasteiger partial charge on any atom is 0.347 e. The Hall–Kier alpha value is -7.38. The molecule has 6 aromatic heterocycles. The number of hydrogen-bond donors (Lipinski definition) is 0. The average Bonchev–Trinajstić information content (AvgIpc) is 3.92. The van der Waals surface area contributed by atoms with Crippen molar-refractivity contribution >= 4 is 21.8 Å². The van der Waals surface area contributed by atoms with E-state index in [0.717, 1.165) is 12.1 Å². The van der Waals surface area contributed by atoms with E-state index < -0.39 is 67.8 Å². The summed E-state index contributed by atoms with van der Waals surface area (Å²) in [4.78, 5) is 41.1. The molecule has 0 unspecified atom stereocenters. The van der Waals surface area contributed by atoms with Crippen molar-refractivity contribution in [1.82, 2.24) is 49.5 Å². The molecule has 0 spiro atoms. The van der Waals surface area contributed by atoms with E-state index in [-0.39, 0.29) is 49.2 Å². The third kappa shape index (κ3) is 6.35. The SMILES string of the molecule is O=c1oc(-c2ccc(-n3ccnc3)nn2)nc2c(F)c(OCCCCOc3c(F)cc4c(=O)oc(-c5ccc(-n6ccnc6)nn5)nc4c3F)c(F)cc12. The van der Waals surface area contributed by atoms with Gasteiger partial charge in [0.2, 0.25) is 0 Å². The van der Waals surface area contributed by atoms with Crippen molar-refractivity contribution in [2.24, 2.45) is 0 Å². The summed E-state index contributed by atoms with van der Waals surface area (Å²) in [7, 11) is 0. The monoisotopic (exact) mass is 740 g/mol. The lowest BCUT2D eigenvalue weighted by Crippen LogP contribution is -2.10. The lowest BCUT2D eigenvalue weighted by molar-refractivity contribution is 0.243. The van der Waals surface area contributed by atoms with Crippen molar-refractivity contribution in [3.63, 3.8) is 0 Å². The summed E-state index contributed by atoms with van der Waals surface area (Å²) in [5.74, 6) is -6.39. The van der Waals surface area contributed by atoms with Crippen molar-refractivity contribution < 1.29 is 35.9 Å². The summed E-state index contributed by atoms with van der Waals surface area (Å²) in [5.41, 5.74) is -3.15. The zero-order valence-electron chi connectivity index (χ0n) is 27.2. The highest BCUT2D eigenvalue weighted by atomic mass is 19.1. The van der Waals surface area contributed by atoms with Gasteiger partial charge in [-0.3, -0.25) is 9.13 Å². The first-order valence-corrected chi connectivity index (χ1v) is 15.8. The van der Waals surface area contributed by atoms with Crippen LogP contribution in [-0.2, 0) is 0 Å². The molecule has 8 aromatic rings. The Morgan fingerprint density at radius 1 is 0.611 bits per heavy atom. The van der Waals surface area contributed by atoms with Crippen molar-refractivity contribution in [3.05, 3.63) is 118 Å². The highest BCUT2D eigenvalue weighted by Crippen LogP contribution is 2.31. The second-order valence-corrected chi connectivity index (χ2v) is 11.3. The molecule has 2 aromatic carbocycles. The van der Waals surface area contributed by atoms with Gasteiger partial charge in [0.1, 0.15) is 35.1 Å². The Kier molecular flexibility index (Phi) is 8.73. The second kappa shape index (κ2) is 14.0. The second-order valence-electron chi connectivity index (χ2n) is 11.3. The summed E-state index contributed by atoms with van der Waals surface area (Å²) >= 11 is 0. The normalized spacial score (nSPS) is 11.4. The molecule has 0 aliphatic heterocycles. The highest BCUT2D eigenvalue weighted by molar-refractivity contribution is 5.82. The van der Waals surface area contributed by atoms with Gasteiger partial charge in [0.05, 0.1) is 24.0 Å². The molecule has 0 N–H and O–H groups in total. The zero-order valence-corrected chi connectivity index (χ0v) is 27.2. The molecule has 270 valence electrons. The van der Waals surface area contributed by atoms with Crippen molar-refractivity contribution in [1.29, 1.82) is 0 Å². The number of unbranched alkanes of at least 4 members (excludes halogenated alkanes) is 1. The number of aromatic nitrogens is 10. The maximum atomic E-state index is 15.5. The molecule has 0 radical (unpaired) electrons. The standard InChI is InChI=1S/C34H20F4N10O6/c35-19-13-17-27(41-31(53-33(17)49)21-3-5-23(45-43-21)47-9-7-39-15-47)25(37)29(19)51-11-1-2-12-52-30-20(36)14-18-28(26(30)38)42-32(54-34(18)50)22-4-6-24(46-44-22)48-10-8-40-16-48/h3-10,13-16H,1-2,11-12H2. The molecule has 0 saturated carbocycles. The van der Waals surface area contributed by atoms with Crippen LogP contribution in [0.2, 0.25) is 0 Å². The third-order valence-corrected chi connectivity index (χ3v) is 7.85. The first-order chi connectivity index (χ1) is 26.2. The molecule has 0 atom stereocenters. The van der Waals surface area contributed by atoms with Gasteiger partial charge in [-0.1, -0.05) is 0 Å². The van der Waals surface area contributed by atoms with Crippen LogP contribution in [0.15, 0.2) is 92.3 Å². The quantitative estimate of drug-likeness (QED) is 0.130. The molecular weight excluding hydrogens is 720 g/mol. The minimum Gasteiger partial charge on any atom is -0.488 e. The fraction of sp³-hybridized carbons (Fsp3) is 0.118. The lowest BCUT2D eigenvalue weighted by atomic mass is 10.2. The fourth-order valence-electron chi connectivity index (χ4n) is 5.23. The summed E-state index contributed by atoms with van der Waals surface area (Å²) in [6.45, 7) is -0.513. The van der Waals surface area contributed by atoms with Crippen LogP contribution in [0.4, 0.5) is 17.6 Å². The number of benzene rings is 2. The van der Waals surface area contributed by atoms with Crippen LogP contribution in [-0.4, -0.2) is 62.7 Å². The molecule has 8 rings (SSSR count). The van der Waals surface area contributed by atoms with Crippen LogP contribution in [0.3, 0.4) is 0 Å². The van der Waals surface area contributed by atoms with Crippen molar-refractivity contribution in [2.45, 2.75) is 12.8 Å². The molecule has 16 nitrogen and oxygen atoms in total. The number of rotatable bonds is 11. The van der Waals surface area contributed by atoms with Gasteiger partial charge in [-0.25, -0.2) is 47.1 Å². The van der Waals surface area contributed by atoms with E-state index in [9.17, 15) is 18.4 Å². The minimum absolute atomic E-state index is 0.00845. The predicted octanol–water partition coefficient (Wildman–Crippen LogP) is 4.77. The third-order valence-electron chi connectivity index (χ3n) is 7.85. The number of halogens is 4. The van der Waals surface area contributed by atoms with Crippen LogP contribution in [0.1, 0.15) is 12.8 Å². The number of hydrogen-bond acceptors (Lipinski definition) is 14. The number of imidazole rings is 2. The smallest absolute Gasteiger partial charge is 0.347 e. The molecule has 0 bridgehead atoms. The van der Waals surface area contributed by atoms with Gasteiger partial charge >= 0.3 is 11.3 Å². The van der Waals surface area contributed by atoms with E-state index >= 15 is 8.78 Å². The van der Waals surface area contributed by atoms with Gasteiger partial charge in [0, 0.05) is 24.8 Å². The summed E-state index contributed by atoms with van der Waals surface area (Å²) < 4.78 is 84.8. The topological polar surface area (TPSA) is 192 Å². The van der Waals surface area contributed by atoms with Gasteiger partial charge in [-0.2, -0.15) is 0 Å². The van der Waals surface area contributed by atoms with E-state index in [1.807, 2.05) is 0 Å². The Morgan fingerprint density at radius 2 is 1.06 bits per heavy atom. The Bertz CT molecular complexity index is 2570. The number of ether oxygens (including phenoxy) is 2. The van der Waals surface area contributed by atoms with Crippen LogP contribution in [0.25, 0.3) is 56.6 Å². The van der Waals surface area contributed by atoms with Crippen LogP contribution < -0.4 is 20.7 Å². The van der Waals surface area contributed by atoms with Gasteiger partial charge in [-0.05, 0) is 49.2 Å². The molecular formula is C34H20F4N10O6. The highest BCUT2D eigenvalue weighted by Gasteiger charge is 2.23. The minimum atomic E-state index is -1.25. The van der Waals surface area contributed by atoms with Crippen LogP contribution in [0, 0.1) is 23.3 Å². The fourth-order valence-corrected chi connectivity index (χ4v) is 5.23. The van der Waals surface area contributed by atoms with Gasteiger partial charge in [0.15, 0.2) is 46.4 Å². The number of fused-ring (bicyclic) bond motifs is 2. The van der Waals surface area contributed by atoms with Crippen molar-refractivity contribution in [2.75, 3.05) is 13.2 Å². The average molecular weight is 741 g/mol. The largest absolute Gasteiger partial charge is 0.488 e. The Morgan fingerprint density at radius 3 is 1.43 bits per heavy atom. The Balaban J connectivity index is 0.934.